The normalized spacial score (nSPS) is 12.4. The second-order valence-corrected chi connectivity index (χ2v) is 8.12. The number of benzene rings is 3. The lowest BCUT2D eigenvalue weighted by molar-refractivity contribution is -0.148. The fraction of sp³-hybridized carbons (Fsp3) is 0.280. The summed E-state index contributed by atoms with van der Waals surface area (Å²) in [6.45, 7) is 7.67. The second kappa shape index (κ2) is 8.48. The van der Waals surface area contributed by atoms with E-state index in [1.54, 1.807) is 25.1 Å². The third-order valence-electron chi connectivity index (χ3n) is 4.79. The molecule has 0 heterocycles. The summed E-state index contributed by atoms with van der Waals surface area (Å²) in [4.78, 5) is 24.7. The molecule has 4 heteroatoms. The van der Waals surface area contributed by atoms with Crippen molar-refractivity contribution < 1.29 is 19.1 Å². The predicted molar refractivity (Wildman–Crippen MR) is 114 cm³/mol. The van der Waals surface area contributed by atoms with E-state index in [1.165, 1.54) is 0 Å². The molecule has 0 aliphatic carbocycles. The van der Waals surface area contributed by atoms with Crippen LogP contribution in [0, 0.1) is 0 Å². The van der Waals surface area contributed by atoms with Crippen molar-refractivity contribution in [2.75, 3.05) is 6.61 Å². The molecule has 0 spiro atoms. The number of esters is 1. The van der Waals surface area contributed by atoms with Gasteiger partial charge in [-0.05, 0) is 40.8 Å². The van der Waals surface area contributed by atoms with Gasteiger partial charge in [-0.25, -0.2) is 4.79 Å². The highest BCUT2D eigenvalue weighted by Gasteiger charge is 2.21. The number of fused-ring (bicyclic) bond motifs is 1. The summed E-state index contributed by atoms with van der Waals surface area (Å²) in [6, 6.07) is 20.9. The van der Waals surface area contributed by atoms with Gasteiger partial charge in [0.25, 0.3) is 0 Å². The molecule has 0 aliphatic rings. The summed E-state index contributed by atoms with van der Waals surface area (Å²) in [5, 5.41) is 2.12. The molecule has 29 heavy (non-hydrogen) atoms. The number of ketones is 1. The summed E-state index contributed by atoms with van der Waals surface area (Å²) in [7, 11) is 0. The van der Waals surface area contributed by atoms with Crippen molar-refractivity contribution >= 4 is 22.5 Å². The lowest BCUT2D eigenvalue weighted by Gasteiger charge is -2.19. The number of carbonyl (C=O) groups excluding carboxylic acids is 2. The van der Waals surface area contributed by atoms with Crippen LogP contribution < -0.4 is 4.74 Å². The van der Waals surface area contributed by atoms with Crippen molar-refractivity contribution in [3.8, 4) is 5.75 Å². The number of rotatable bonds is 6. The highest BCUT2D eigenvalue weighted by molar-refractivity contribution is 6.00. The van der Waals surface area contributed by atoms with Crippen LogP contribution in [0.25, 0.3) is 10.8 Å². The summed E-state index contributed by atoms with van der Waals surface area (Å²) in [5.41, 5.74) is 1.68. The minimum Gasteiger partial charge on any atom is -0.482 e. The van der Waals surface area contributed by atoms with Crippen molar-refractivity contribution in [1.82, 2.24) is 0 Å². The number of hydrogen-bond donors (Lipinski definition) is 0. The van der Waals surface area contributed by atoms with Gasteiger partial charge in [0.1, 0.15) is 5.75 Å². The molecule has 3 rings (SSSR count). The van der Waals surface area contributed by atoms with E-state index in [-0.39, 0.29) is 17.8 Å². The van der Waals surface area contributed by atoms with Gasteiger partial charge < -0.3 is 9.47 Å². The molecule has 0 aromatic heterocycles. The molecule has 0 aliphatic heterocycles. The fourth-order valence-corrected chi connectivity index (χ4v) is 3.05. The first-order valence-corrected chi connectivity index (χ1v) is 9.70. The third-order valence-corrected chi connectivity index (χ3v) is 4.79. The Labute approximate surface area is 171 Å². The molecule has 0 bridgehead atoms. The van der Waals surface area contributed by atoms with Crippen LogP contribution in [0.15, 0.2) is 66.7 Å². The van der Waals surface area contributed by atoms with E-state index < -0.39 is 12.1 Å². The Morgan fingerprint density at radius 3 is 2.21 bits per heavy atom. The average molecular weight is 390 g/mol. The van der Waals surface area contributed by atoms with E-state index in [4.69, 9.17) is 9.47 Å². The maximum Gasteiger partial charge on any atom is 0.344 e. The minimum absolute atomic E-state index is 0.0137. The second-order valence-electron chi connectivity index (χ2n) is 8.12. The zero-order valence-electron chi connectivity index (χ0n) is 17.3. The van der Waals surface area contributed by atoms with E-state index in [9.17, 15) is 9.59 Å². The molecule has 1 atom stereocenters. The zero-order chi connectivity index (χ0) is 21.0. The quantitative estimate of drug-likeness (QED) is 0.422. The molecular weight excluding hydrogens is 364 g/mol. The predicted octanol–water partition coefficient (Wildman–Crippen LogP) is 5.33. The molecule has 4 nitrogen and oxygen atoms in total. The van der Waals surface area contributed by atoms with Crippen LogP contribution in [-0.4, -0.2) is 24.5 Å². The lowest BCUT2D eigenvalue weighted by atomic mass is 9.86. The first-order chi connectivity index (χ1) is 13.7. The minimum atomic E-state index is -0.872. The number of Topliss-reactive ketones (excluding diaryl/α,β-unsaturated/α-hetero) is 1. The first kappa shape index (κ1) is 20.6. The van der Waals surface area contributed by atoms with Crippen molar-refractivity contribution in [1.29, 1.82) is 0 Å². The SMILES string of the molecule is C[C@H](OC(=O)COc1ccc2ccccc2c1)C(=O)c1ccc(C(C)(C)C)cc1. The molecule has 0 amide bonds. The number of ether oxygens (including phenoxy) is 2. The van der Waals surface area contributed by atoms with Crippen LogP contribution in [0.1, 0.15) is 43.6 Å². The van der Waals surface area contributed by atoms with Gasteiger partial charge >= 0.3 is 5.97 Å². The van der Waals surface area contributed by atoms with Gasteiger partial charge in [0.2, 0.25) is 5.78 Å². The third kappa shape index (κ3) is 5.23. The maximum atomic E-state index is 12.5. The zero-order valence-corrected chi connectivity index (χ0v) is 17.3. The fourth-order valence-electron chi connectivity index (χ4n) is 3.05. The van der Waals surface area contributed by atoms with Gasteiger partial charge in [-0.1, -0.05) is 75.4 Å². The average Bonchev–Trinajstić information content (AvgIpc) is 2.71. The number of carbonyl (C=O) groups is 2. The molecule has 0 N–H and O–H groups in total. The van der Waals surface area contributed by atoms with E-state index in [0.717, 1.165) is 16.3 Å². The topological polar surface area (TPSA) is 52.6 Å². The molecule has 0 saturated heterocycles. The summed E-state index contributed by atoms with van der Waals surface area (Å²) >= 11 is 0. The Morgan fingerprint density at radius 1 is 0.897 bits per heavy atom. The standard InChI is InChI=1S/C25H26O4/c1-17(24(27)19-9-12-21(13-10-19)25(2,3)4)29-23(26)16-28-22-14-11-18-7-5-6-8-20(18)15-22/h5-15,17H,16H2,1-4H3/t17-/m0/s1. The van der Waals surface area contributed by atoms with Gasteiger partial charge in [-0.3, -0.25) is 4.79 Å². The van der Waals surface area contributed by atoms with Crippen molar-refractivity contribution in [2.45, 2.75) is 39.2 Å². The smallest absolute Gasteiger partial charge is 0.344 e. The van der Waals surface area contributed by atoms with Crippen molar-refractivity contribution in [3.05, 3.63) is 77.9 Å². The van der Waals surface area contributed by atoms with Crippen molar-refractivity contribution in [3.63, 3.8) is 0 Å². The van der Waals surface area contributed by atoms with Crippen LogP contribution in [0.5, 0.6) is 5.75 Å². The van der Waals surface area contributed by atoms with E-state index in [2.05, 4.69) is 20.8 Å². The molecular formula is C25H26O4. The van der Waals surface area contributed by atoms with Crippen LogP contribution in [0.3, 0.4) is 0 Å². The van der Waals surface area contributed by atoms with Gasteiger partial charge in [0.15, 0.2) is 12.7 Å². The van der Waals surface area contributed by atoms with E-state index in [0.29, 0.717) is 11.3 Å². The molecule has 3 aromatic carbocycles. The Bertz CT molecular complexity index is 1010. The van der Waals surface area contributed by atoms with Crippen LogP contribution in [0.2, 0.25) is 0 Å². The first-order valence-electron chi connectivity index (χ1n) is 9.70. The molecule has 0 unspecified atom stereocenters. The maximum absolute atomic E-state index is 12.5. The monoisotopic (exact) mass is 390 g/mol. The van der Waals surface area contributed by atoms with Gasteiger partial charge in [-0.15, -0.1) is 0 Å². The van der Waals surface area contributed by atoms with E-state index in [1.807, 2.05) is 48.5 Å². The van der Waals surface area contributed by atoms with E-state index >= 15 is 0 Å². The van der Waals surface area contributed by atoms with Gasteiger partial charge in [0, 0.05) is 5.56 Å². The molecule has 0 fully saturated rings. The van der Waals surface area contributed by atoms with Gasteiger partial charge in [0.05, 0.1) is 0 Å². The molecule has 0 saturated carbocycles. The summed E-state index contributed by atoms with van der Waals surface area (Å²) in [5.74, 6) is -0.229. The molecule has 3 aromatic rings. The Hall–Kier alpha value is -3.14. The van der Waals surface area contributed by atoms with Crippen LogP contribution in [0.4, 0.5) is 0 Å². The lowest BCUT2D eigenvalue weighted by Crippen LogP contribution is -2.27. The summed E-state index contributed by atoms with van der Waals surface area (Å²) < 4.78 is 10.8. The Morgan fingerprint density at radius 2 is 1.55 bits per heavy atom. The summed E-state index contributed by atoms with van der Waals surface area (Å²) in [6.07, 6.45) is -0.872. The largest absolute Gasteiger partial charge is 0.482 e. The highest BCUT2D eigenvalue weighted by atomic mass is 16.6. The number of hydrogen-bond acceptors (Lipinski definition) is 4. The highest BCUT2D eigenvalue weighted by Crippen LogP contribution is 2.23. The van der Waals surface area contributed by atoms with Crippen LogP contribution >= 0.6 is 0 Å². The Balaban J connectivity index is 1.55. The Kier molecular flexibility index (Phi) is 6.02. The van der Waals surface area contributed by atoms with Gasteiger partial charge in [-0.2, -0.15) is 0 Å². The van der Waals surface area contributed by atoms with Crippen molar-refractivity contribution in [2.24, 2.45) is 0 Å². The van der Waals surface area contributed by atoms with Crippen LogP contribution in [-0.2, 0) is 14.9 Å². The molecule has 150 valence electrons. The molecule has 0 radical (unpaired) electrons.